The molecule has 26 heavy (non-hydrogen) atoms. The van der Waals surface area contributed by atoms with Crippen molar-refractivity contribution >= 4 is 11.6 Å². The molecular weight excluding hydrogens is 335 g/mol. The van der Waals surface area contributed by atoms with E-state index in [-0.39, 0.29) is 17.8 Å². The summed E-state index contributed by atoms with van der Waals surface area (Å²) in [5.74, 6) is 0.682. The van der Waals surface area contributed by atoms with Crippen LogP contribution in [-0.2, 0) is 0 Å². The molecule has 1 aliphatic rings. The number of amides is 1. The summed E-state index contributed by atoms with van der Waals surface area (Å²) in [7, 11) is 1.60. The third-order valence-electron chi connectivity index (χ3n) is 3.99. The number of halogens is 1. The summed E-state index contributed by atoms with van der Waals surface area (Å²) in [6.45, 7) is 4.38. The minimum Gasteiger partial charge on any atom is -0.493 e. The fourth-order valence-electron chi connectivity index (χ4n) is 2.75. The minimum absolute atomic E-state index is 0.0150. The lowest BCUT2D eigenvalue weighted by Gasteiger charge is -2.14. The predicted molar refractivity (Wildman–Crippen MR) is 97.3 cm³/mol. The number of ether oxygens (including phenoxy) is 2. The van der Waals surface area contributed by atoms with Crippen LogP contribution in [-0.4, -0.2) is 36.4 Å². The van der Waals surface area contributed by atoms with E-state index in [1.807, 2.05) is 32.0 Å². The van der Waals surface area contributed by atoms with Crippen LogP contribution < -0.4 is 9.47 Å². The Hall–Kier alpha value is -2.89. The zero-order valence-corrected chi connectivity index (χ0v) is 15.0. The fourth-order valence-corrected chi connectivity index (χ4v) is 2.75. The second kappa shape index (κ2) is 7.56. The molecule has 3 rings (SSSR count). The summed E-state index contributed by atoms with van der Waals surface area (Å²) in [6.07, 6.45) is 0.654. The summed E-state index contributed by atoms with van der Waals surface area (Å²) < 4.78 is 24.2. The number of rotatable bonds is 5. The molecule has 0 saturated heterocycles. The van der Waals surface area contributed by atoms with E-state index in [2.05, 4.69) is 5.10 Å². The van der Waals surface area contributed by atoms with Crippen LogP contribution in [0.25, 0.3) is 0 Å². The Morgan fingerprint density at radius 3 is 2.54 bits per heavy atom. The lowest BCUT2D eigenvalue weighted by atomic mass is 10.1. The summed E-state index contributed by atoms with van der Waals surface area (Å²) >= 11 is 0. The van der Waals surface area contributed by atoms with Crippen LogP contribution in [0.1, 0.15) is 36.2 Å². The average molecular weight is 356 g/mol. The highest BCUT2D eigenvalue weighted by atomic mass is 19.1. The molecule has 0 unspecified atom stereocenters. The number of nitrogens with zero attached hydrogens (tertiary/aromatic N) is 2. The number of benzene rings is 2. The maximum absolute atomic E-state index is 13.0. The van der Waals surface area contributed by atoms with Crippen LogP contribution in [0.5, 0.6) is 11.5 Å². The van der Waals surface area contributed by atoms with Crippen molar-refractivity contribution in [1.29, 1.82) is 0 Å². The molecular formula is C20H21FN2O3. The number of hydrazone groups is 1. The Labute approximate surface area is 152 Å². The first-order valence-electron chi connectivity index (χ1n) is 8.48. The normalized spacial score (nSPS) is 13.7. The van der Waals surface area contributed by atoms with E-state index < -0.39 is 0 Å². The van der Waals surface area contributed by atoms with Gasteiger partial charge in [-0.15, -0.1) is 0 Å². The predicted octanol–water partition coefficient (Wildman–Crippen LogP) is 3.87. The Morgan fingerprint density at radius 2 is 1.88 bits per heavy atom. The van der Waals surface area contributed by atoms with E-state index in [1.165, 1.54) is 29.3 Å². The average Bonchev–Trinajstić information content (AvgIpc) is 3.11. The van der Waals surface area contributed by atoms with Crippen LogP contribution in [0.2, 0.25) is 0 Å². The third kappa shape index (κ3) is 3.85. The van der Waals surface area contributed by atoms with Crippen LogP contribution in [0, 0.1) is 5.82 Å². The van der Waals surface area contributed by atoms with Gasteiger partial charge >= 0.3 is 0 Å². The first-order valence-corrected chi connectivity index (χ1v) is 8.48. The van der Waals surface area contributed by atoms with Gasteiger partial charge < -0.3 is 9.47 Å². The SMILES string of the molecule is COc1ccc(C2=NN(C(=O)c3ccc(F)cc3)CC2)cc1OC(C)C. The highest BCUT2D eigenvalue weighted by Gasteiger charge is 2.23. The summed E-state index contributed by atoms with van der Waals surface area (Å²) in [5.41, 5.74) is 2.10. The third-order valence-corrected chi connectivity index (χ3v) is 3.99. The molecule has 1 heterocycles. The van der Waals surface area contributed by atoms with Gasteiger partial charge in [-0.05, 0) is 56.3 Å². The van der Waals surface area contributed by atoms with Crippen molar-refractivity contribution in [3.63, 3.8) is 0 Å². The second-order valence-electron chi connectivity index (χ2n) is 6.26. The number of hydrogen-bond acceptors (Lipinski definition) is 4. The van der Waals surface area contributed by atoms with E-state index >= 15 is 0 Å². The molecule has 1 amide bonds. The lowest BCUT2D eigenvalue weighted by Crippen LogP contribution is -2.23. The summed E-state index contributed by atoms with van der Waals surface area (Å²) in [6, 6.07) is 11.1. The second-order valence-corrected chi connectivity index (χ2v) is 6.26. The zero-order valence-electron chi connectivity index (χ0n) is 15.0. The molecule has 1 aliphatic heterocycles. The van der Waals surface area contributed by atoms with Gasteiger partial charge in [0.1, 0.15) is 5.82 Å². The van der Waals surface area contributed by atoms with Crippen LogP contribution in [0.15, 0.2) is 47.6 Å². The van der Waals surface area contributed by atoms with Gasteiger partial charge in [0.25, 0.3) is 5.91 Å². The largest absolute Gasteiger partial charge is 0.493 e. The molecule has 0 radical (unpaired) electrons. The molecule has 5 nitrogen and oxygen atoms in total. The van der Waals surface area contributed by atoms with E-state index in [0.29, 0.717) is 30.0 Å². The smallest absolute Gasteiger partial charge is 0.273 e. The van der Waals surface area contributed by atoms with Gasteiger partial charge in [0.2, 0.25) is 0 Å². The molecule has 6 heteroatoms. The van der Waals surface area contributed by atoms with Crippen molar-refractivity contribution in [2.24, 2.45) is 5.10 Å². The zero-order chi connectivity index (χ0) is 18.7. The molecule has 0 N–H and O–H groups in total. The van der Waals surface area contributed by atoms with Crippen molar-refractivity contribution in [2.75, 3.05) is 13.7 Å². The molecule has 0 bridgehead atoms. The van der Waals surface area contributed by atoms with E-state index in [9.17, 15) is 9.18 Å². The van der Waals surface area contributed by atoms with Gasteiger partial charge in [0, 0.05) is 17.5 Å². The molecule has 136 valence electrons. The van der Waals surface area contributed by atoms with Gasteiger partial charge in [-0.25, -0.2) is 9.40 Å². The van der Waals surface area contributed by atoms with E-state index in [4.69, 9.17) is 9.47 Å². The fraction of sp³-hybridized carbons (Fsp3) is 0.300. The number of hydrogen-bond donors (Lipinski definition) is 0. The van der Waals surface area contributed by atoms with Gasteiger partial charge in [-0.1, -0.05) is 0 Å². The molecule has 0 aromatic heterocycles. The maximum Gasteiger partial charge on any atom is 0.273 e. The molecule has 0 fully saturated rings. The van der Waals surface area contributed by atoms with Crippen LogP contribution >= 0.6 is 0 Å². The van der Waals surface area contributed by atoms with Crippen molar-refractivity contribution in [3.8, 4) is 11.5 Å². The minimum atomic E-state index is -0.372. The van der Waals surface area contributed by atoms with Crippen LogP contribution in [0.4, 0.5) is 4.39 Å². The molecule has 0 saturated carbocycles. The highest BCUT2D eigenvalue weighted by Crippen LogP contribution is 2.30. The van der Waals surface area contributed by atoms with Gasteiger partial charge in [0.05, 0.1) is 25.5 Å². The van der Waals surface area contributed by atoms with Crippen molar-refractivity contribution in [1.82, 2.24) is 5.01 Å². The van der Waals surface area contributed by atoms with E-state index in [0.717, 1.165) is 11.3 Å². The topological polar surface area (TPSA) is 51.1 Å². The quantitative estimate of drug-likeness (QED) is 0.817. The Balaban J connectivity index is 1.83. The summed E-state index contributed by atoms with van der Waals surface area (Å²) in [5, 5.41) is 5.86. The Morgan fingerprint density at radius 1 is 1.15 bits per heavy atom. The monoisotopic (exact) mass is 356 g/mol. The lowest BCUT2D eigenvalue weighted by molar-refractivity contribution is 0.0778. The first kappa shape index (κ1) is 17.9. The van der Waals surface area contributed by atoms with Gasteiger partial charge in [-0.2, -0.15) is 5.10 Å². The molecule has 0 aliphatic carbocycles. The molecule has 0 atom stereocenters. The standard InChI is InChI=1S/C20H21FN2O3/c1-13(2)26-19-12-15(6-9-18(19)25-3)17-10-11-23(22-17)20(24)14-4-7-16(21)8-5-14/h4-9,12-13H,10-11H2,1-3H3. The Bertz CT molecular complexity index is 831. The number of carbonyl (C=O) groups is 1. The van der Waals surface area contributed by atoms with Crippen molar-refractivity contribution in [2.45, 2.75) is 26.4 Å². The first-order chi connectivity index (χ1) is 12.5. The highest BCUT2D eigenvalue weighted by molar-refractivity contribution is 6.04. The Kier molecular flexibility index (Phi) is 5.21. The van der Waals surface area contributed by atoms with Crippen molar-refractivity contribution in [3.05, 3.63) is 59.4 Å². The van der Waals surface area contributed by atoms with Crippen LogP contribution in [0.3, 0.4) is 0 Å². The molecule has 2 aromatic rings. The molecule has 0 spiro atoms. The van der Waals surface area contributed by atoms with Gasteiger partial charge in [0.15, 0.2) is 11.5 Å². The maximum atomic E-state index is 13.0. The van der Waals surface area contributed by atoms with E-state index in [1.54, 1.807) is 7.11 Å². The molecule has 2 aromatic carbocycles. The number of carbonyl (C=O) groups excluding carboxylic acids is 1. The van der Waals surface area contributed by atoms with Crippen molar-refractivity contribution < 1.29 is 18.7 Å². The van der Waals surface area contributed by atoms with Gasteiger partial charge in [-0.3, -0.25) is 4.79 Å². The number of methoxy groups -OCH3 is 1. The summed E-state index contributed by atoms with van der Waals surface area (Å²) in [4.78, 5) is 12.5.